The second-order valence-electron chi connectivity index (χ2n) is 1.08. The van der Waals surface area contributed by atoms with E-state index >= 15 is 0 Å². The minimum atomic E-state index is 0. The number of rotatable bonds is 0. The van der Waals surface area contributed by atoms with Crippen LogP contribution in [0, 0.1) is 6.07 Å². The van der Waals surface area contributed by atoms with Crippen molar-refractivity contribution in [1.29, 1.82) is 0 Å². The van der Waals surface area contributed by atoms with Crippen molar-refractivity contribution < 1.29 is 43.7 Å². The molecule has 0 fully saturated rings. The van der Waals surface area contributed by atoms with Crippen molar-refractivity contribution in [1.82, 2.24) is 0 Å². The monoisotopic (exact) mass is 178 g/mol. The summed E-state index contributed by atoms with van der Waals surface area (Å²) in [5.74, 6) is 0. The van der Waals surface area contributed by atoms with Crippen LogP contribution in [-0.2, 0) is 0 Å². The molecule has 0 bridgehead atoms. The summed E-state index contributed by atoms with van der Waals surface area (Å²) in [7, 11) is 0. The predicted molar refractivity (Wildman–Crippen MR) is 31.0 cm³/mol. The Kier molecular flexibility index (Phi) is 37.4. The van der Waals surface area contributed by atoms with Crippen molar-refractivity contribution >= 4 is 23.1 Å². The molecule has 0 aliphatic rings. The van der Waals surface area contributed by atoms with Crippen LogP contribution in [0.4, 0.5) is 0 Å². The van der Waals surface area contributed by atoms with Gasteiger partial charge < -0.3 is 24.8 Å². The second kappa shape index (κ2) is 16.6. The Bertz CT molecular complexity index is 87.7. The third kappa shape index (κ3) is 11.9. The first-order valence-electron chi connectivity index (χ1n) is 1.91. The quantitative estimate of drug-likeness (QED) is 0.274. The molecule has 0 N–H and O–H groups in total. The zero-order valence-electron chi connectivity index (χ0n) is 5.85. The van der Waals surface area contributed by atoms with Gasteiger partial charge in [0.2, 0.25) is 0 Å². The van der Waals surface area contributed by atoms with Crippen LogP contribution in [0.2, 0.25) is 0 Å². The van der Waals surface area contributed by atoms with Crippen molar-refractivity contribution in [3.63, 3.8) is 0 Å². The van der Waals surface area contributed by atoms with E-state index in [2.05, 4.69) is 6.07 Å². The maximum Gasteiger partial charge on any atom is 2.00 e. The molecule has 10 heavy (non-hydrogen) atoms. The van der Waals surface area contributed by atoms with Crippen molar-refractivity contribution in [2.75, 3.05) is 0 Å². The molecule has 0 atom stereocenters. The summed E-state index contributed by atoms with van der Waals surface area (Å²) >= 11 is 0. The Labute approximate surface area is 102 Å². The van der Waals surface area contributed by atoms with Crippen LogP contribution in [0.3, 0.4) is 0 Å². The molecule has 0 nitrogen and oxygen atoms in total. The average molecular weight is 179 g/mol. The first-order valence-corrected chi connectivity index (χ1v) is 1.91. The molecule has 0 radical (unpaired) electrons. The van der Waals surface area contributed by atoms with Gasteiger partial charge in [0, 0.05) is 0 Å². The molecule has 1 aromatic rings. The van der Waals surface area contributed by atoms with Gasteiger partial charge in [-0.25, -0.2) is 0 Å². The van der Waals surface area contributed by atoms with Crippen LogP contribution in [0.5, 0.6) is 0 Å². The van der Waals surface area contributed by atoms with Gasteiger partial charge in [-0.1, -0.05) is 0 Å². The molecule has 0 aromatic heterocycles. The van der Waals surface area contributed by atoms with Crippen LogP contribution in [0.25, 0.3) is 0 Å². The fraction of sp³-hybridized carbons (Fsp3) is 0. The normalized spacial score (nSPS) is 4.80. The SMILES string of the molecule is [Cl-].[Cl-].[Li+].[Mg+2].[c-]1ccccc1. The van der Waals surface area contributed by atoms with E-state index in [1.807, 2.05) is 30.3 Å². The molecule has 0 spiro atoms. The van der Waals surface area contributed by atoms with Gasteiger partial charge in [0.25, 0.3) is 0 Å². The van der Waals surface area contributed by atoms with Crippen LogP contribution in [-0.4, -0.2) is 23.1 Å². The summed E-state index contributed by atoms with van der Waals surface area (Å²) in [6.45, 7) is 0. The van der Waals surface area contributed by atoms with Gasteiger partial charge in [0.05, 0.1) is 0 Å². The molecule has 1 rings (SSSR count). The standard InChI is InChI=1S/C6H5.2ClH.Li.Mg/c1-2-4-6-5-3-1;;;;/h1-5H;2*1H;;/q-1;;;+1;+2/p-2. The van der Waals surface area contributed by atoms with Crippen molar-refractivity contribution in [2.45, 2.75) is 0 Å². The third-order valence-electron chi connectivity index (χ3n) is 0.607. The third-order valence-corrected chi connectivity index (χ3v) is 0.607. The van der Waals surface area contributed by atoms with Crippen molar-refractivity contribution in [3.05, 3.63) is 36.4 Å². The molecule has 0 saturated carbocycles. The second-order valence-corrected chi connectivity index (χ2v) is 1.08. The average Bonchev–Trinajstić information content (AvgIpc) is 1.72. The van der Waals surface area contributed by atoms with E-state index in [-0.39, 0.29) is 66.7 Å². The van der Waals surface area contributed by atoms with Crippen molar-refractivity contribution in [3.8, 4) is 0 Å². The molecule has 0 saturated heterocycles. The Morgan fingerprint density at radius 3 is 1.30 bits per heavy atom. The Balaban J connectivity index is -0.0000000450. The summed E-state index contributed by atoms with van der Waals surface area (Å²) in [4.78, 5) is 0. The Morgan fingerprint density at radius 2 is 1.20 bits per heavy atom. The predicted octanol–water partition coefficient (Wildman–Crippen LogP) is -7.88. The Hall–Kier alpha value is 1.16. The minimum absolute atomic E-state index is 0. The van der Waals surface area contributed by atoms with Crippen LogP contribution in [0.15, 0.2) is 30.3 Å². The fourth-order valence-corrected chi connectivity index (χ4v) is 0.342. The number of benzene rings is 1. The minimum Gasteiger partial charge on any atom is -1.00 e. The summed E-state index contributed by atoms with van der Waals surface area (Å²) in [5.41, 5.74) is 0. The summed E-state index contributed by atoms with van der Waals surface area (Å²) in [6, 6.07) is 12.5. The van der Waals surface area contributed by atoms with Crippen LogP contribution >= 0.6 is 0 Å². The van der Waals surface area contributed by atoms with E-state index in [0.29, 0.717) is 0 Å². The molecule has 46 valence electrons. The molecule has 0 heterocycles. The molecular weight excluding hydrogens is 174 g/mol. The number of hydrogen-bond acceptors (Lipinski definition) is 0. The van der Waals surface area contributed by atoms with Crippen molar-refractivity contribution in [2.24, 2.45) is 0 Å². The maximum atomic E-state index is 2.89. The summed E-state index contributed by atoms with van der Waals surface area (Å²) in [5, 5.41) is 0. The van der Waals surface area contributed by atoms with E-state index in [1.165, 1.54) is 0 Å². The molecule has 1 aromatic carbocycles. The van der Waals surface area contributed by atoms with Gasteiger partial charge in [-0.05, 0) is 0 Å². The molecular formula is C6H5Cl2LiMg. The molecule has 0 aliphatic carbocycles. The van der Waals surface area contributed by atoms with Crippen LogP contribution < -0.4 is 43.7 Å². The first kappa shape index (κ1) is 22.5. The Morgan fingerprint density at radius 1 is 0.800 bits per heavy atom. The molecule has 0 unspecified atom stereocenters. The van der Waals surface area contributed by atoms with E-state index in [4.69, 9.17) is 0 Å². The van der Waals surface area contributed by atoms with Gasteiger partial charge in [0.15, 0.2) is 0 Å². The van der Waals surface area contributed by atoms with E-state index in [9.17, 15) is 0 Å². The van der Waals surface area contributed by atoms with E-state index in [1.54, 1.807) is 0 Å². The topological polar surface area (TPSA) is 0 Å². The zero-order chi connectivity index (χ0) is 4.24. The fourth-order valence-electron chi connectivity index (χ4n) is 0.342. The zero-order valence-corrected chi connectivity index (χ0v) is 8.78. The number of hydrogen-bond donors (Lipinski definition) is 0. The first-order chi connectivity index (χ1) is 3.00. The van der Waals surface area contributed by atoms with Crippen LogP contribution in [0.1, 0.15) is 0 Å². The molecule has 4 heteroatoms. The molecule has 0 aliphatic heterocycles. The van der Waals surface area contributed by atoms with E-state index in [0.717, 1.165) is 0 Å². The summed E-state index contributed by atoms with van der Waals surface area (Å²) < 4.78 is 0. The van der Waals surface area contributed by atoms with Gasteiger partial charge in [-0.15, -0.1) is 0 Å². The largest absolute Gasteiger partial charge is 2.00 e. The van der Waals surface area contributed by atoms with E-state index < -0.39 is 0 Å². The summed E-state index contributed by atoms with van der Waals surface area (Å²) in [6.07, 6.45) is 0. The van der Waals surface area contributed by atoms with Gasteiger partial charge >= 0.3 is 41.9 Å². The van der Waals surface area contributed by atoms with Gasteiger partial charge in [0.1, 0.15) is 0 Å². The molecule has 0 amide bonds. The number of halogens is 2. The smallest absolute Gasteiger partial charge is 1.00 e. The van der Waals surface area contributed by atoms with Gasteiger partial charge in [-0.3, -0.25) is 0 Å². The van der Waals surface area contributed by atoms with Gasteiger partial charge in [-0.2, -0.15) is 36.4 Å². The maximum absolute atomic E-state index is 2.89.